The third-order valence-corrected chi connectivity index (χ3v) is 7.63. The first-order chi connectivity index (χ1) is 20.2. The number of benzene rings is 5. The highest BCUT2D eigenvalue weighted by molar-refractivity contribution is 6.07. The van der Waals surface area contributed by atoms with Crippen molar-refractivity contribution in [1.82, 2.24) is 9.55 Å². The Morgan fingerprint density at radius 1 is 0.634 bits per heavy atom. The second-order valence-corrected chi connectivity index (χ2v) is 10.0. The Kier molecular flexibility index (Phi) is 7.25. The topological polar surface area (TPSA) is 34.9 Å². The van der Waals surface area contributed by atoms with Gasteiger partial charge in [-0.1, -0.05) is 140 Å². The maximum atomic E-state index is 13.3. The van der Waals surface area contributed by atoms with Gasteiger partial charge in [-0.05, 0) is 53.0 Å². The van der Waals surface area contributed by atoms with Gasteiger partial charge in [0.25, 0.3) is 0 Å². The van der Waals surface area contributed by atoms with Crippen LogP contribution in [0.2, 0.25) is 0 Å². The van der Waals surface area contributed by atoms with E-state index in [0.717, 1.165) is 39.2 Å². The number of aromatic nitrogens is 2. The number of carbonyl (C=O) groups is 1. The van der Waals surface area contributed by atoms with Gasteiger partial charge in [0, 0.05) is 11.3 Å². The SMILES string of the molecule is Cc1c(/C=C/C(=O)c2cccc(-c3ccccc3)c2)ncn1C(c1ccccc1)(c1ccccc1)c1ccccc1. The average Bonchev–Trinajstić information content (AvgIpc) is 3.42. The number of imidazole rings is 1. The van der Waals surface area contributed by atoms with E-state index < -0.39 is 5.54 Å². The molecular formula is C38H30N2O. The minimum atomic E-state index is -0.652. The van der Waals surface area contributed by atoms with Crippen LogP contribution in [-0.4, -0.2) is 15.3 Å². The van der Waals surface area contributed by atoms with Crippen molar-refractivity contribution < 1.29 is 4.79 Å². The zero-order valence-electron chi connectivity index (χ0n) is 22.9. The summed E-state index contributed by atoms with van der Waals surface area (Å²) in [6.07, 6.45) is 5.34. The van der Waals surface area contributed by atoms with Gasteiger partial charge in [0.2, 0.25) is 0 Å². The van der Waals surface area contributed by atoms with E-state index >= 15 is 0 Å². The van der Waals surface area contributed by atoms with Gasteiger partial charge in [0.15, 0.2) is 5.78 Å². The Bertz CT molecular complexity index is 1690. The van der Waals surface area contributed by atoms with E-state index in [2.05, 4.69) is 84.3 Å². The molecule has 0 spiro atoms. The lowest BCUT2D eigenvalue weighted by Gasteiger charge is -2.38. The molecule has 1 aromatic heterocycles. The Hall–Kier alpha value is -5.28. The maximum absolute atomic E-state index is 13.3. The largest absolute Gasteiger partial charge is 0.316 e. The molecule has 0 fully saturated rings. The van der Waals surface area contributed by atoms with Gasteiger partial charge >= 0.3 is 0 Å². The van der Waals surface area contributed by atoms with Crippen LogP contribution in [0.15, 0.2) is 158 Å². The highest BCUT2D eigenvalue weighted by Crippen LogP contribution is 2.42. The highest BCUT2D eigenvalue weighted by Gasteiger charge is 2.39. The number of rotatable bonds is 8. The van der Waals surface area contributed by atoms with Gasteiger partial charge in [0.05, 0.1) is 12.0 Å². The Morgan fingerprint density at radius 2 is 1.12 bits per heavy atom. The lowest BCUT2D eigenvalue weighted by molar-refractivity contribution is 0.104. The summed E-state index contributed by atoms with van der Waals surface area (Å²) in [7, 11) is 0. The van der Waals surface area contributed by atoms with E-state index in [1.54, 1.807) is 6.08 Å². The minimum absolute atomic E-state index is 0.0582. The van der Waals surface area contributed by atoms with Crippen molar-refractivity contribution in [2.75, 3.05) is 0 Å². The van der Waals surface area contributed by atoms with Gasteiger partial charge in [-0.3, -0.25) is 4.79 Å². The number of nitrogens with zero attached hydrogens (tertiary/aromatic N) is 2. The van der Waals surface area contributed by atoms with Gasteiger partial charge < -0.3 is 4.57 Å². The van der Waals surface area contributed by atoms with Crippen molar-refractivity contribution in [2.45, 2.75) is 12.5 Å². The molecule has 0 bridgehead atoms. The predicted molar refractivity (Wildman–Crippen MR) is 167 cm³/mol. The van der Waals surface area contributed by atoms with E-state index in [1.165, 1.54) is 0 Å². The van der Waals surface area contributed by atoms with Crippen molar-refractivity contribution in [2.24, 2.45) is 0 Å². The Labute approximate surface area is 241 Å². The van der Waals surface area contributed by atoms with Crippen molar-refractivity contribution >= 4 is 11.9 Å². The number of hydrogen-bond donors (Lipinski definition) is 0. The van der Waals surface area contributed by atoms with Crippen molar-refractivity contribution in [3.8, 4) is 11.1 Å². The summed E-state index contributed by atoms with van der Waals surface area (Å²) in [5.74, 6) is -0.0582. The number of allylic oxidation sites excluding steroid dienone is 1. The van der Waals surface area contributed by atoms with Crippen LogP contribution in [0, 0.1) is 6.92 Å². The summed E-state index contributed by atoms with van der Waals surface area (Å²) < 4.78 is 2.23. The van der Waals surface area contributed by atoms with Crippen LogP contribution in [0.3, 0.4) is 0 Å². The molecule has 0 radical (unpaired) electrons. The standard InChI is InChI=1S/C38H30N2O/c1-29-36(25-26-37(41)32-18-14-17-31(27-32)30-15-6-2-7-16-30)39-28-40(29)38(33-19-8-3-9-20-33,34-21-10-4-11-22-34)35-23-12-5-13-24-35/h2-28H,1H3/b26-25+. The Morgan fingerprint density at radius 3 is 1.66 bits per heavy atom. The highest BCUT2D eigenvalue weighted by atomic mass is 16.1. The first-order valence-electron chi connectivity index (χ1n) is 13.8. The molecule has 6 aromatic rings. The van der Waals surface area contributed by atoms with E-state index in [4.69, 9.17) is 4.98 Å². The minimum Gasteiger partial charge on any atom is -0.316 e. The molecule has 0 aliphatic rings. The summed E-state index contributed by atoms with van der Waals surface area (Å²) in [5, 5.41) is 0. The summed E-state index contributed by atoms with van der Waals surface area (Å²) in [4.78, 5) is 18.1. The van der Waals surface area contributed by atoms with Crippen molar-refractivity contribution in [3.63, 3.8) is 0 Å². The van der Waals surface area contributed by atoms with Crippen LogP contribution in [-0.2, 0) is 5.54 Å². The fraction of sp³-hybridized carbons (Fsp3) is 0.0526. The summed E-state index contributed by atoms with van der Waals surface area (Å²) >= 11 is 0. The molecule has 0 saturated heterocycles. The van der Waals surface area contributed by atoms with Gasteiger partial charge in [0.1, 0.15) is 5.54 Å². The molecule has 0 N–H and O–H groups in total. The molecule has 0 unspecified atom stereocenters. The molecular weight excluding hydrogens is 500 g/mol. The molecule has 41 heavy (non-hydrogen) atoms. The number of hydrogen-bond acceptors (Lipinski definition) is 2. The Balaban J connectivity index is 1.43. The summed E-state index contributed by atoms with van der Waals surface area (Å²) in [6.45, 7) is 2.07. The summed E-state index contributed by atoms with van der Waals surface area (Å²) in [5.41, 5.74) is 7.19. The van der Waals surface area contributed by atoms with Gasteiger partial charge in [-0.15, -0.1) is 0 Å². The fourth-order valence-electron chi connectivity index (χ4n) is 5.61. The molecule has 0 saturated carbocycles. The van der Waals surface area contributed by atoms with Gasteiger partial charge in [-0.2, -0.15) is 0 Å². The van der Waals surface area contributed by atoms with E-state index in [-0.39, 0.29) is 5.78 Å². The first-order valence-corrected chi connectivity index (χ1v) is 13.8. The predicted octanol–water partition coefficient (Wildman–Crippen LogP) is 8.59. The van der Waals surface area contributed by atoms with E-state index in [1.807, 2.05) is 85.2 Å². The molecule has 0 aliphatic carbocycles. The van der Waals surface area contributed by atoms with Crippen LogP contribution in [0.5, 0.6) is 0 Å². The molecule has 198 valence electrons. The lowest BCUT2D eigenvalue weighted by atomic mass is 9.76. The van der Waals surface area contributed by atoms with Crippen LogP contribution < -0.4 is 0 Å². The number of carbonyl (C=O) groups excluding carboxylic acids is 1. The first kappa shape index (κ1) is 26.0. The average molecular weight is 531 g/mol. The van der Waals surface area contributed by atoms with Crippen LogP contribution in [0.4, 0.5) is 0 Å². The fourth-order valence-corrected chi connectivity index (χ4v) is 5.61. The molecule has 3 heteroatoms. The molecule has 0 amide bonds. The second kappa shape index (κ2) is 11.4. The maximum Gasteiger partial charge on any atom is 0.185 e. The molecule has 5 aromatic carbocycles. The smallest absolute Gasteiger partial charge is 0.185 e. The van der Waals surface area contributed by atoms with Crippen LogP contribution in [0.25, 0.3) is 17.2 Å². The van der Waals surface area contributed by atoms with E-state index in [0.29, 0.717) is 5.56 Å². The van der Waals surface area contributed by atoms with E-state index in [9.17, 15) is 4.79 Å². The molecule has 0 atom stereocenters. The zero-order valence-corrected chi connectivity index (χ0v) is 22.9. The monoisotopic (exact) mass is 530 g/mol. The summed E-state index contributed by atoms with van der Waals surface area (Å²) in [6, 6.07) is 49.4. The third kappa shape index (κ3) is 4.94. The molecule has 3 nitrogen and oxygen atoms in total. The molecule has 0 aliphatic heterocycles. The lowest BCUT2D eigenvalue weighted by Crippen LogP contribution is -2.38. The van der Waals surface area contributed by atoms with Crippen LogP contribution in [0.1, 0.15) is 38.4 Å². The normalized spacial score (nSPS) is 11.5. The third-order valence-electron chi connectivity index (χ3n) is 7.63. The molecule has 1 heterocycles. The van der Waals surface area contributed by atoms with Crippen molar-refractivity contribution in [3.05, 3.63) is 192 Å². The van der Waals surface area contributed by atoms with Crippen molar-refractivity contribution in [1.29, 1.82) is 0 Å². The van der Waals surface area contributed by atoms with Gasteiger partial charge in [-0.25, -0.2) is 4.98 Å². The molecule has 6 rings (SSSR count). The quantitative estimate of drug-likeness (QED) is 0.112. The second-order valence-electron chi connectivity index (χ2n) is 10.0. The number of ketones is 1. The zero-order chi connectivity index (χ0) is 28.1. The van der Waals surface area contributed by atoms with Crippen LogP contribution >= 0.6 is 0 Å².